The van der Waals surface area contributed by atoms with Crippen molar-refractivity contribution in [2.75, 3.05) is 13.1 Å². The van der Waals surface area contributed by atoms with E-state index in [0.29, 0.717) is 31.5 Å². The van der Waals surface area contributed by atoms with Gasteiger partial charge in [0.25, 0.3) is 5.91 Å². The van der Waals surface area contributed by atoms with Crippen LogP contribution in [0.5, 0.6) is 0 Å². The number of aromatic nitrogens is 3. The molecule has 2 heterocycles. The smallest absolute Gasteiger partial charge is 0.335 e. The van der Waals surface area contributed by atoms with E-state index in [-0.39, 0.29) is 29.5 Å². The molecule has 1 amide bonds. The predicted octanol–water partition coefficient (Wildman–Crippen LogP) is 3.09. The molecule has 2 aliphatic rings. The maximum Gasteiger partial charge on any atom is 0.416 e. The third-order valence-corrected chi connectivity index (χ3v) is 5.35. The zero-order valence-corrected chi connectivity index (χ0v) is 13.3. The fourth-order valence-electron chi connectivity index (χ4n) is 4.28. The van der Waals surface area contributed by atoms with E-state index < -0.39 is 11.7 Å². The number of likely N-dealkylation sites (tertiary alicyclic amines) is 1. The van der Waals surface area contributed by atoms with Gasteiger partial charge in [0, 0.05) is 13.1 Å². The number of nitrogens with zero attached hydrogens (tertiary/aromatic N) is 3. The summed E-state index contributed by atoms with van der Waals surface area (Å²) in [6.45, 7) is 1.12. The molecule has 8 heteroatoms. The van der Waals surface area contributed by atoms with Crippen molar-refractivity contribution < 1.29 is 18.0 Å². The number of nitrogens with one attached hydrogen (secondary N) is 1. The van der Waals surface area contributed by atoms with Crippen molar-refractivity contribution in [1.29, 1.82) is 0 Å². The molecule has 2 fully saturated rings. The van der Waals surface area contributed by atoms with Crippen LogP contribution in [0, 0.1) is 11.8 Å². The highest BCUT2D eigenvalue weighted by Gasteiger charge is 2.45. The molecule has 2 aromatic rings. The summed E-state index contributed by atoms with van der Waals surface area (Å²) in [5.74, 6) is 0.277. The number of rotatable bonds is 2. The van der Waals surface area contributed by atoms with Gasteiger partial charge in [-0.25, -0.2) is 4.98 Å². The van der Waals surface area contributed by atoms with Crippen LogP contribution >= 0.6 is 0 Å². The molecule has 1 aliphatic heterocycles. The van der Waals surface area contributed by atoms with Gasteiger partial charge < -0.3 is 4.90 Å². The van der Waals surface area contributed by atoms with E-state index in [1.807, 2.05) is 0 Å². The molecule has 1 saturated carbocycles. The first kappa shape index (κ1) is 16.1. The first-order valence-electron chi connectivity index (χ1n) is 8.24. The summed E-state index contributed by atoms with van der Waals surface area (Å²) in [7, 11) is 0. The van der Waals surface area contributed by atoms with Crippen molar-refractivity contribution in [3.05, 3.63) is 47.5 Å². The van der Waals surface area contributed by atoms with Crippen molar-refractivity contribution in [3.63, 3.8) is 0 Å². The summed E-state index contributed by atoms with van der Waals surface area (Å²) >= 11 is 0. The first-order chi connectivity index (χ1) is 11.9. The minimum atomic E-state index is -4.33. The molecule has 25 heavy (non-hydrogen) atoms. The molecule has 1 aromatic heterocycles. The highest BCUT2D eigenvalue weighted by molar-refractivity contribution is 5.90. The highest BCUT2D eigenvalue weighted by Crippen LogP contribution is 2.48. The zero-order valence-electron chi connectivity index (χ0n) is 13.3. The minimum absolute atomic E-state index is 0.103. The molecular weight excluding hydrogens is 333 g/mol. The number of alkyl halides is 3. The lowest BCUT2D eigenvalue weighted by Gasteiger charge is -2.21. The molecule has 3 atom stereocenters. The summed E-state index contributed by atoms with van der Waals surface area (Å²) in [6.07, 6.45) is -1.62. The fraction of sp³-hybridized carbons (Fsp3) is 0.471. The molecule has 5 nitrogen and oxygen atoms in total. The van der Waals surface area contributed by atoms with Gasteiger partial charge in [0.05, 0.1) is 5.56 Å². The molecule has 1 N–H and O–H groups in total. The van der Waals surface area contributed by atoms with Crippen LogP contribution in [0.3, 0.4) is 0 Å². The second kappa shape index (κ2) is 5.86. The number of carbonyl (C=O) groups is 1. The number of H-pyrrole nitrogens is 1. The van der Waals surface area contributed by atoms with E-state index in [0.717, 1.165) is 6.07 Å². The summed E-state index contributed by atoms with van der Waals surface area (Å²) in [5.41, 5.74) is -0.148. The number of fused-ring (bicyclic) bond motifs is 1. The Kier molecular flexibility index (Phi) is 3.77. The molecule has 1 saturated heterocycles. The number of hydrogen-bond donors (Lipinski definition) is 1. The molecule has 132 valence electrons. The lowest BCUT2D eigenvalue weighted by atomic mass is 9.91. The van der Waals surface area contributed by atoms with Crippen molar-refractivity contribution in [2.45, 2.75) is 24.9 Å². The fourth-order valence-corrected chi connectivity index (χ4v) is 4.28. The molecule has 0 radical (unpaired) electrons. The molecule has 0 unspecified atom stereocenters. The van der Waals surface area contributed by atoms with Crippen LogP contribution in [0.1, 0.15) is 40.5 Å². The van der Waals surface area contributed by atoms with Gasteiger partial charge in [0.2, 0.25) is 5.82 Å². The van der Waals surface area contributed by atoms with Gasteiger partial charge in [-0.15, -0.1) is 5.10 Å². The van der Waals surface area contributed by atoms with Gasteiger partial charge in [0.1, 0.15) is 6.33 Å². The highest BCUT2D eigenvalue weighted by atomic mass is 19.4. The number of carbonyl (C=O) groups excluding carboxylic acids is 1. The standard InChI is InChI=1S/C17H17F3N4O/c18-17(19,20)14-4-2-1-3-13(14)10-5-11-7-24(8-12(11)6-10)16(25)15-21-9-22-23-15/h1-4,9-12H,5-8H2,(H,21,22,23)/t10-,11+,12-. The van der Waals surface area contributed by atoms with Crippen LogP contribution in [-0.2, 0) is 6.18 Å². The topological polar surface area (TPSA) is 61.9 Å². The van der Waals surface area contributed by atoms with Crippen LogP contribution < -0.4 is 0 Å². The lowest BCUT2D eigenvalue weighted by Crippen LogP contribution is -2.30. The van der Waals surface area contributed by atoms with Crippen LogP contribution in [0.4, 0.5) is 13.2 Å². The van der Waals surface area contributed by atoms with E-state index in [9.17, 15) is 18.0 Å². The van der Waals surface area contributed by atoms with E-state index in [4.69, 9.17) is 0 Å². The Morgan fingerprint density at radius 2 is 1.84 bits per heavy atom. The van der Waals surface area contributed by atoms with Crippen LogP contribution in [0.25, 0.3) is 0 Å². The molecule has 1 aromatic carbocycles. The summed E-state index contributed by atoms with van der Waals surface area (Å²) in [5, 5.41) is 6.32. The van der Waals surface area contributed by atoms with Crippen LogP contribution in [0.2, 0.25) is 0 Å². The lowest BCUT2D eigenvalue weighted by molar-refractivity contribution is -0.138. The third kappa shape index (κ3) is 2.89. The van der Waals surface area contributed by atoms with Gasteiger partial charge >= 0.3 is 6.18 Å². The summed E-state index contributed by atoms with van der Waals surface area (Å²) in [6, 6.07) is 5.84. The third-order valence-electron chi connectivity index (χ3n) is 5.35. The average Bonchev–Trinajstić information content (AvgIpc) is 3.29. The largest absolute Gasteiger partial charge is 0.416 e. The molecule has 4 rings (SSSR count). The number of hydrogen-bond acceptors (Lipinski definition) is 3. The Morgan fingerprint density at radius 1 is 1.16 bits per heavy atom. The Labute approximate surface area is 142 Å². The van der Waals surface area contributed by atoms with Gasteiger partial charge in [-0.3, -0.25) is 9.89 Å². The van der Waals surface area contributed by atoms with E-state index >= 15 is 0 Å². The van der Waals surface area contributed by atoms with Crippen LogP contribution in [0.15, 0.2) is 30.6 Å². The Balaban J connectivity index is 1.48. The van der Waals surface area contributed by atoms with E-state index in [2.05, 4.69) is 15.2 Å². The Morgan fingerprint density at radius 3 is 2.44 bits per heavy atom. The number of halogens is 3. The van der Waals surface area contributed by atoms with Crippen molar-refractivity contribution >= 4 is 5.91 Å². The number of aromatic amines is 1. The Bertz CT molecular complexity index is 760. The molecule has 1 aliphatic carbocycles. The van der Waals surface area contributed by atoms with Gasteiger partial charge in [-0.1, -0.05) is 18.2 Å². The predicted molar refractivity (Wildman–Crippen MR) is 82.7 cm³/mol. The Hall–Kier alpha value is -2.38. The normalized spacial score (nSPS) is 26.0. The second-order valence-electron chi connectivity index (χ2n) is 6.81. The van der Waals surface area contributed by atoms with E-state index in [1.165, 1.54) is 12.4 Å². The van der Waals surface area contributed by atoms with Crippen LogP contribution in [-0.4, -0.2) is 39.1 Å². The summed E-state index contributed by atoms with van der Waals surface area (Å²) in [4.78, 5) is 17.9. The monoisotopic (exact) mass is 350 g/mol. The van der Waals surface area contributed by atoms with Gasteiger partial charge in [0.15, 0.2) is 0 Å². The SMILES string of the molecule is O=C(c1nc[nH]n1)N1C[C@H]2C[C@H](c3ccccc3C(F)(F)F)C[C@H]2C1. The average molecular weight is 350 g/mol. The molecule has 0 bridgehead atoms. The van der Waals surface area contributed by atoms with Crippen molar-refractivity contribution in [3.8, 4) is 0 Å². The molecule has 0 spiro atoms. The van der Waals surface area contributed by atoms with Gasteiger partial charge in [-0.05, 0) is 42.2 Å². The zero-order chi connectivity index (χ0) is 17.6. The number of benzene rings is 1. The summed E-state index contributed by atoms with van der Waals surface area (Å²) < 4.78 is 39.7. The van der Waals surface area contributed by atoms with Crippen molar-refractivity contribution in [1.82, 2.24) is 20.1 Å². The van der Waals surface area contributed by atoms with Crippen molar-refractivity contribution in [2.24, 2.45) is 11.8 Å². The second-order valence-corrected chi connectivity index (χ2v) is 6.81. The number of amides is 1. The molecular formula is C17H17F3N4O. The van der Waals surface area contributed by atoms with E-state index in [1.54, 1.807) is 17.0 Å². The first-order valence-corrected chi connectivity index (χ1v) is 8.24. The maximum atomic E-state index is 13.2. The minimum Gasteiger partial charge on any atom is -0.335 e. The quantitative estimate of drug-likeness (QED) is 0.905. The maximum absolute atomic E-state index is 13.2. The van der Waals surface area contributed by atoms with Gasteiger partial charge in [-0.2, -0.15) is 13.2 Å².